The lowest BCUT2D eigenvalue weighted by Gasteiger charge is -2.08. The zero-order valence-corrected chi connectivity index (χ0v) is 11.1. The average molecular weight is 259 g/mol. The molecule has 0 saturated carbocycles. The van der Waals surface area contributed by atoms with E-state index < -0.39 is 0 Å². The van der Waals surface area contributed by atoms with Gasteiger partial charge in [0.15, 0.2) is 0 Å². The zero-order chi connectivity index (χ0) is 13.7. The minimum atomic E-state index is 0.224. The lowest BCUT2D eigenvalue weighted by molar-refractivity contribution is 0.406. The summed E-state index contributed by atoms with van der Waals surface area (Å²) in [6.45, 7) is 3.07. The summed E-state index contributed by atoms with van der Waals surface area (Å²) in [5, 5.41) is 13.0. The molecule has 100 valence electrons. The number of aryl methyl sites for hydroxylation is 1. The lowest BCUT2D eigenvalue weighted by atomic mass is 10.2. The Bertz CT molecular complexity index is 541. The summed E-state index contributed by atoms with van der Waals surface area (Å²) in [6, 6.07) is 5.26. The topological polar surface area (TPSA) is 67.3 Å². The SMILES string of the molecule is COc1ccc(CNCc2cnc(C)cn2)c(O)c1. The fourth-order valence-corrected chi connectivity index (χ4v) is 1.66. The first-order valence-electron chi connectivity index (χ1n) is 6.03. The number of methoxy groups -OCH3 is 1. The molecule has 0 spiro atoms. The number of phenolic OH excluding ortho intramolecular Hbond substituents is 1. The number of phenols is 1. The smallest absolute Gasteiger partial charge is 0.123 e. The van der Waals surface area contributed by atoms with Gasteiger partial charge in [-0.1, -0.05) is 6.07 Å². The fraction of sp³-hybridized carbons (Fsp3) is 0.286. The van der Waals surface area contributed by atoms with Crippen LogP contribution in [-0.2, 0) is 13.1 Å². The van der Waals surface area contributed by atoms with Crippen molar-refractivity contribution in [2.24, 2.45) is 0 Å². The van der Waals surface area contributed by atoms with Gasteiger partial charge in [0.2, 0.25) is 0 Å². The molecule has 0 unspecified atom stereocenters. The van der Waals surface area contributed by atoms with Crippen LogP contribution in [0, 0.1) is 6.92 Å². The van der Waals surface area contributed by atoms with Crippen molar-refractivity contribution in [3.63, 3.8) is 0 Å². The molecule has 5 heteroatoms. The van der Waals surface area contributed by atoms with Crippen LogP contribution < -0.4 is 10.1 Å². The molecule has 0 aliphatic heterocycles. The number of nitrogens with one attached hydrogen (secondary N) is 1. The summed E-state index contributed by atoms with van der Waals surface area (Å²) in [7, 11) is 1.57. The van der Waals surface area contributed by atoms with E-state index in [-0.39, 0.29) is 5.75 Å². The summed E-state index contributed by atoms with van der Waals surface area (Å²) in [6.07, 6.45) is 3.48. The molecule has 0 radical (unpaired) electrons. The third kappa shape index (κ3) is 3.66. The number of aromatic nitrogens is 2. The number of hydrogen-bond acceptors (Lipinski definition) is 5. The van der Waals surface area contributed by atoms with E-state index in [0.717, 1.165) is 17.0 Å². The van der Waals surface area contributed by atoms with E-state index in [1.165, 1.54) is 0 Å². The maximum absolute atomic E-state index is 9.81. The number of ether oxygens (including phenoxy) is 1. The molecule has 1 heterocycles. The summed E-state index contributed by atoms with van der Waals surface area (Å²) < 4.78 is 5.04. The van der Waals surface area contributed by atoms with Crippen LogP contribution in [-0.4, -0.2) is 22.2 Å². The molecule has 2 N–H and O–H groups in total. The molecular formula is C14H17N3O2. The van der Waals surface area contributed by atoms with Crippen molar-refractivity contribution in [3.05, 3.63) is 47.5 Å². The number of hydrogen-bond donors (Lipinski definition) is 2. The predicted octanol–water partition coefficient (Wildman–Crippen LogP) is 1.79. The van der Waals surface area contributed by atoms with Gasteiger partial charge in [-0.3, -0.25) is 9.97 Å². The van der Waals surface area contributed by atoms with Gasteiger partial charge in [-0.25, -0.2) is 0 Å². The predicted molar refractivity (Wildman–Crippen MR) is 72.0 cm³/mol. The Morgan fingerprint density at radius 3 is 2.68 bits per heavy atom. The first kappa shape index (κ1) is 13.3. The number of rotatable bonds is 5. The molecule has 1 aromatic heterocycles. The van der Waals surface area contributed by atoms with Gasteiger partial charge in [0.1, 0.15) is 11.5 Å². The van der Waals surface area contributed by atoms with E-state index >= 15 is 0 Å². The second-order valence-corrected chi connectivity index (χ2v) is 4.25. The van der Waals surface area contributed by atoms with Gasteiger partial charge in [-0.05, 0) is 13.0 Å². The molecular weight excluding hydrogens is 242 g/mol. The zero-order valence-electron chi connectivity index (χ0n) is 11.1. The molecule has 0 aliphatic carbocycles. The van der Waals surface area contributed by atoms with Crippen molar-refractivity contribution in [1.82, 2.24) is 15.3 Å². The number of nitrogens with zero attached hydrogens (tertiary/aromatic N) is 2. The maximum Gasteiger partial charge on any atom is 0.123 e. The first-order chi connectivity index (χ1) is 9.19. The maximum atomic E-state index is 9.81. The van der Waals surface area contributed by atoms with Crippen molar-refractivity contribution in [2.75, 3.05) is 7.11 Å². The Morgan fingerprint density at radius 2 is 2.05 bits per heavy atom. The van der Waals surface area contributed by atoms with E-state index in [9.17, 15) is 5.11 Å². The summed E-state index contributed by atoms with van der Waals surface area (Å²) in [5.41, 5.74) is 2.59. The van der Waals surface area contributed by atoms with Gasteiger partial charge in [0, 0.05) is 37.1 Å². The minimum absolute atomic E-state index is 0.224. The highest BCUT2D eigenvalue weighted by Crippen LogP contribution is 2.23. The summed E-state index contributed by atoms with van der Waals surface area (Å²) in [4.78, 5) is 8.43. The Hall–Kier alpha value is -2.14. The van der Waals surface area contributed by atoms with Gasteiger partial charge < -0.3 is 15.2 Å². The number of aromatic hydroxyl groups is 1. The first-order valence-corrected chi connectivity index (χ1v) is 6.03. The van der Waals surface area contributed by atoms with Crippen molar-refractivity contribution in [1.29, 1.82) is 0 Å². The van der Waals surface area contributed by atoms with Crippen molar-refractivity contribution in [2.45, 2.75) is 20.0 Å². The third-order valence-corrected chi connectivity index (χ3v) is 2.75. The molecule has 1 aromatic carbocycles. The van der Waals surface area contributed by atoms with Gasteiger partial charge in [-0.2, -0.15) is 0 Å². The molecule has 2 rings (SSSR count). The highest BCUT2D eigenvalue weighted by atomic mass is 16.5. The lowest BCUT2D eigenvalue weighted by Crippen LogP contribution is -2.14. The fourth-order valence-electron chi connectivity index (χ4n) is 1.66. The highest BCUT2D eigenvalue weighted by Gasteiger charge is 2.03. The van der Waals surface area contributed by atoms with Crippen LogP contribution in [0.4, 0.5) is 0 Å². The van der Waals surface area contributed by atoms with Crippen molar-refractivity contribution < 1.29 is 9.84 Å². The van der Waals surface area contributed by atoms with Gasteiger partial charge >= 0.3 is 0 Å². The molecule has 0 saturated heterocycles. The Kier molecular flexibility index (Phi) is 4.30. The van der Waals surface area contributed by atoms with Crippen LogP contribution in [0.2, 0.25) is 0 Å². The molecule has 0 fully saturated rings. The van der Waals surface area contributed by atoms with E-state index in [1.807, 2.05) is 19.1 Å². The van der Waals surface area contributed by atoms with Gasteiger partial charge in [-0.15, -0.1) is 0 Å². The molecule has 0 amide bonds. The van der Waals surface area contributed by atoms with Crippen molar-refractivity contribution in [3.8, 4) is 11.5 Å². The number of benzene rings is 1. The quantitative estimate of drug-likeness (QED) is 0.857. The second-order valence-electron chi connectivity index (χ2n) is 4.25. The summed E-state index contributed by atoms with van der Waals surface area (Å²) in [5.74, 6) is 0.868. The average Bonchev–Trinajstić information content (AvgIpc) is 2.42. The molecule has 0 aliphatic rings. The van der Waals surface area contributed by atoms with Crippen LogP contribution >= 0.6 is 0 Å². The van der Waals surface area contributed by atoms with E-state index in [4.69, 9.17) is 4.74 Å². The minimum Gasteiger partial charge on any atom is -0.507 e. The standard InChI is InChI=1S/C14H17N3O2/c1-10-6-17-12(9-16-10)8-15-7-11-3-4-13(19-2)5-14(11)18/h3-6,9,15,18H,7-8H2,1-2H3. The van der Waals surface area contributed by atoms with E-state index in [1.54, 1.807) is 25.6 Å². The second kappa shape index (κ2) is 6.15. The Balaban J connectivity index is 1.90. The normalized spacial score (nSPS) is 10.4. The molecule has 2 aromatic rings. The van der Waals surface area contributed by atoms with E-state index in [2.05, 4.69) is 15.3 Å². The molecule has 19 heavy (non-hydrogen) atoms. The van der Waals surface area contributed by atoms with Crippen molar-refractivity contribution >= 4 is 0 Å². The summed E-state index contributed by atoms with van der Waals surface area (Å²) >= 11 is 0. The highest BCUT2D eigenvalue weighted by molar-refractivity contribution is 5.39. The van der Waals surface area contributed by atoms with Crippen LogP contribution in [0.25, 0.3) is 0 Å². The van der Waals surface area contributed by atoms with Crippen LogP contribution in [0.3, 0.4) is 0 Å². The molecule has 0 atom stereocenters. The van der Waals surface area contributed by atoms with Crippen LogP contribution in [0.15, 0.2) is 30.6 Å². The molecule has 5 nitrogen and oxygen atoms in total. The Morgan fingerprint density at radius 1 is 1.21 bits per heavy atom. The van der Waals surface area contributed by atoms with Crippen LogP contribution in [0.5, 0.6) is 11.5 Å². The Labute approximate surface area is 112 Å². The molecule has 0 bridgehead atoms. The largest absolute Gasteiger partial charge is 0.507 e. The monoisotopic (exact) mass is 259 g/mol. The van der Waals surface area contributed by atoms with Gasteiger partial charge in [0.05, 0.1) is 18.5 Å². The van der Waals surface area contributed by atoms with Gasteiger partial charge in [0.25, 0.3) is 0 Å². The van der Waals surface area contributed by atoms with E-state index in [0.29, 0.717) is 18.8 Å². The van der Waals surface area contributed by atoms with Crippen LogP contribution in [0.1, 0.15) is 17.0 Å². The third-order valence-electron chi connectivity index (χ3n) is 2.75.